The highest BCUT2D eigenvalue weighted by molar-refractivity contribution is 6.21. The van der Waals surface area contributed by atoms with Gasteiger partial charge < -0.3 is 9.64 Å². The van der Waals surface area contributed by atoms with E-state index in [1.165, 1.54) is 6.42 Å². The van der Waals surface area contributed by atoms with Gasteiger partial charge in [0.1, 0.15) is 12.4 Å². The molecule has 27 heavy (non-hydrogen) atoms. The van der Waals surface area contributed by atoms with E-state index in [4.69, 9.17) is 4.74 Å². The van der Waals surface area contributed by atoms with Gasteiger partial charge in [-0.1, -0.05) is 61.7 Å². The Morgan fingerprint density at radius 3 is 2.30 bits per heavy atom. The number of nitrogens with zero attached hydrogens (tertiary/aromatic N) is 1. The van der Waals surface area contributed by atoms with Crippen LogP contribution in [0.15, 0.2) is 60.8 Å². The first-order valence-electron chi connectivity index (χ1n) is 9.83. The number of carbonyl (C=O) groups is 1. The number of allylic oxidation sites excluding steroid dienone is 1. The highest BCUT2D eigenvalue weighted by Crippen LogP contribution is 2.30. The molecule has 2 aromatic rings. The molecule has 0 unspecified atom stereocenters. The van der Waals surface area contributed by atoms with Crippen molar-refractivity contribution in [1.82, 2.24) is 4.90 Å². The van der Waals surface area contributed by atoms with Crippen molar-refractivity contribution in [3.05, 3.63) is 71.9 Å². The lowest BCUT2D eigenvalue weighted by atomic mass is 9.82. The third kappa shape index (κ3) is 5.46. The van der Waals surface area contributed by atoms with Crippen molar-refractivity contribution in [1.29, 1.82) is 0 Å². The van der Waals surface area contributed by atoms with Gasteiger partial charge >= 0.3 is 0 Å². The Morgan fingerprint density at radius 2 is 1.67 bits per heavy atom. The minimum atomic E-state index is 0.166. The van der Waals surface area contributed by atoms with Crippen molar-refractivity contribution in [3.63, 3.8) is 0 Å². The molecule has 0 aromatic heterocycles. The Hall–Kier alpha value is -2.55. The van der Waals surface area contributed by atoms with Crippen LogP contribution >= 0.6 is 0 Å². The summed E-state index contributed by atoms with van der Waals surface area (Å²) >= 11 is 0. The van der Waals surface area contributed by atoms with Crippen LogP contribution in [0.25, 0.3) is 5.57 Å². The zero-order valence-electron chi connectivity index (χ0n) is 16.4. The predicted molar refractivity (Wildman–Crippen MR) is 110 cm³/mol. The lowest BCUT2D eigenvalue weighted by Crippen LogP contribution is -2.20. The van der Waals surface area contributed by atoms with Gasteiger partial charge in [-0.05, 0) is 36.1 Å². The Balaban J connectivity index is 1.72. The fourth-order valence-electron chi connectivity index (χ4n) is 3.59. The number of hydrogen-bond donors (Lipinski definition) is 0. The molecule has 3 heteroatoms. The normalized spacial score (nSPS) is 15.4. The Labute approximate surface area is 162 Å². The maximum absolute atomic E-state index is 13.1. The van der Waals surface area contributed by atoms with Crippen molar-refractivity contribution in [2.24, 2.45) is 5.92 Å². The van der Waals surface area contributed by atoms with Crippen LogP contribution in [-0.4, -0.2) is 24.8 Å². The molecule has 1 saturated carbocycles. The Kier molecular flexibility index (Phi) is 6.69. The summed E-state index contributed by atoms with van der Waals surface area (Å²) in [6, 6.07) is 18.0. The maximum atomic E-state index is 13.1. The van der Waals surface area contributed by atoms with Crippen LogP contribution in [0.5, 0.6) is 5.75 Å². The number of rotatable bonds is 7. The summed E-state index contributed by atoms with van der Waals surface area (Å²) < 4.78 is 5.87. The first-order valence-corrected chi connectivity index (χ1v) is 9.83. The van der Waals surface area contributed by atoms with Crippen LogP contribution in [0, 0.1) is 5.92 Å². The quantitative estimate of drug-likeness (QED) is 0.624. The topological polar surface area (TPSA) is 29.5 Å². The molecule has 142 valence electrons. The Bertz CT molecular complexity index is 757. The monoisotopic (exact) mass is 363 g/mol. The van der Waals surface area contributed by atoms with E-state index in [0.717, 1.165) is 48.1 Å². The van der Waals surface area contributed by atoms with Crippen molar-refractivity contribution in [2.45, 2.75) is 38.7 Å². The Morgan fingerprint density at radius 1 is 1.00 bits per heavy atom. The summed E-state index contributed by atoms with van der Waals surface area (Å²) in [5.74, 6) is 1.26. The van der Waals surface area contributed by atoms with Crippen LogP contribution in [-0.2, 0) is 11.4 Å². The molecular formula is C24H29NO2. The van der Waals surface area contributed by atoms with Gasteiger partial charge in [0, 0.05) is 31.8 Å². The molecule has 1 aliphatic carbocycles. The average Bonchev–Trinajstić information content (AvgIpc) is 2.72. The number of ether oxygens (including phenoxy) is 1. The molecule has 1 fully saturated rings. The number of carbonyl (C=O) groups excluding carboxylic acids is 1. The molecule has 3 rings (SSSR count). The minimum absolute atomic E-state index is 0.166. The molecule has 0 radical (unpaired) electrons. The molecule has 0 aliphatic heterocycles. The minimum Gasteiger partial charge on any atom is -0.489 e. The standard InChI is InChI=1S/C24H29NO2/c1-25(2)17-23(24(26)21-11-7-4-8-12-21)20-13-15-22(16-14-20)27-18-19-9-5-3-6-10-19/h3,5-6,9-10,13-17,21H,4,7-8,11-12,18H2,1-2H3/b23-17+. The summed E-state index contributed by atoms with van der Waals surface area (Å²) in [6.07, 6.45) is 7.57. The molecule has 0 spiro atoms. The van der Waals surface area contributed by atoms with Crippen molar-refractivity contribution in [3.8, 4) is 5.75 Å². The summed E-state index contributed by atoms with van der Waals surface area (Å²) in [7, 11) is 3.93. The first kappa shape index (κ1) is 19.2. The van der Waals surface area contributed by atoms with E-state index in [9.17, 15) is 4.79 Å². The lowest BCUT2D eigenvalue weighted by molar-refractivity contribution is -0.118. The molecule has 0 saturated heterocycles. The molecule has 1 aliphatic rings. The second kappa shape index (κ2) is 9.40. The molecule has 0 amide bonds. The number of hydrogen-bond acceptors (Lipinski definition) is 3. The van der Waals surface area contributed by atoms with E-state index >= 15 is 0 Å². The summed E-state index contributed by atoms with van der Waals surface area (Å²) in [6.45, 7) is 0.543. The molecule has 0 atom stereocenters. The summed E-state index contributed by atoms with van der Waals surface area (Å²) in [5, 5.41) is 0. The van der Waals surface area contributed by atoms with E-state index in [2.05, 4.69) is 12.1 Å². The number of Topliss-reactive ketones (excluding diaryl/α,β-unsaturated/α-hetero) is 1. The van der Waals surface area contributed by atoms with Crippen LogP contribution in [0.2, 0.25) is 0 Å². The third-order valence-corrected chi connectivity index (χ3v) is 5.04. The molecule has 0 N–H and O–H groups in total. The van der Waals surface area contributed by atoms with Gasteiger partial charge in [0.2, 0.25) is 0 Å². The average molecular weight is 364 g/mol. The second-order valence-corrected chi connectivity index (χ2v) is 7.50. The number of benzene rings is 2. The van der Waals surface area contributed by atoms with Gasteiger partial charge in [-0.25, -0.2) is 0 Å². The number of ketones is 1. The molecule has 0 bridgehead atoms. The fraction of sp³-hybridized carbons (Fsp3) is 0.375. The highest BCUT2D eigenvalue weighted by Gasteiger charge is 2.25. The van der Waals surface area contributed by atoms with Gasteiger partial charge in [-0.3, -0.25) is 4.79 Å². The molecule has 3 nitrogen and oxygen atoms in total. The van der Waals surface area contributed by atoms with Crippen LogP contribution in [0.1, 0.15) is 43.2 Å². The van der Waals surface area contributed by atoms with Crippen LogP contribution in [0.3, 0.4) is 0 Å². The lowest BCUT2D eigenvalue weighted by Gasteiger charge is -2.22. The van der Waals surface area contributed by atoms with Crippen LogP contribution in [0.4, 0.5) is 0 Å². The third-order valence-electron chi connectivity index (χ3n) is 5.04. The SMILES string of the molecule is CN(C)/C=C(/C(=O)C1CCCCC1)c1ccc(OCc2ccccc2)cc1. The van der Waals surface area contributed by atoms with E-state index < -0.39 is 0 Å². The van der Waals surface area contributed by atoms with E-state index in [0.29, 0.717) is 6.61 Å². The molecule has 0 heterocycles. The zero-order chi connectivity index (χ0) is 19.1. The van der Waals surface area contributed by atoms with Gasteiger partial charge in [0.25, 0.3) is 0 Å². The maximum Gasteiger partial charge on any atom is 0.168 e. The summed E-state index contributed by atoms with van der Waals surface area (Å²) in [4.78, 5) is 15.1. The van der Waals surface area contributed by atoms with E-state index in [1.54, 1.807) is 0 Å². The van der Waals surface area contributed by atoms with Gasteiger partial charge in [-0.2, -0.15) is 0 Å². The van der Waals surface area contributed by atoms with Gasteiger partial charge in [0.05, 0.1) is 0 Å². The highest BCUT2D eigenvalue weighted by atomic mass is 16.5. The first-order chi connectivity index (χ1) is 13.1. The van der Waals surface area contributed by atoms with E-state index in [1.807, 2.05) is 67.7 Å². The largest absolute Gasteiger partial charge is 0.489 e. The zero-order valence-corrected chi connectivity index (χ0v) is 16.4. The van der Waals surface area contributed by atoms with Gasteiger partial charge in [-0.15, -0.1) is 0 Å². The summed E-state index contributed by atoms with van der Waals surface area (Å²) in [5.41, 5.74) is 2.91. The molecular weight excluding hydrogens is 334 g/mol. The van der Waals surface area contributed by atoms with Crippen molar-refractivity contribution in [2.75, 3.05) is 14.1 Å². The second-order valence-electron chi connectivity index (χ2n) is 7.50. The van der Waals surface area contributed by atoms with Crippen molar-refractivity contribution < 1.29 is 9.53 Å². The smallest absolute Gasteiger partial charge is 0.168 e. The van der Waals surface area contributed by atoms with E-state index in [-0.39, 0.29) is 11.7 Å². The van der Waals surface area contributed by atoms with Crippen molar-refractivity contribution >= 4 is 11.4 Å². The van der Waals surface area contributed by atoms with Gasteiger partial charge in [0.15, 0.2) is 5.78 Å². The fourth-order valence-corrected chi connectivity index (χ4v) is 3.59. The van der Waals surface area contributed by atoms with Crippen LogP contribution < -0.4 is 4.74 Å². The predicted octanol–water partition coefficient (Wildman–Crippen LogP) is 5.32. The molecule has 2 aromatic carbocycles.